The number of aromatic hydroxyl groups is 1. The number of rotatable bonds is 10. The molecule has 1 aromatic heterocycles. The molecule has 0 fully saturated rings. The van der Waals surface area contributed by atoms with Crippen LogP contribution < -0.4 is 0 Å². The number of ether oxygens (including phenoxy) is 1. The number of carbonyl (C=O) groups is 1. The molecule has 0 aliphatic heterocycles. The van der Waals surface area contributed by atoms with Crippen molar-refractivity contribution in [2.75, 3.05) is 0 Å². The van der Waals surface area contributed by atoms with E-state index in [9.17, 15) is 9.90 Å². The molecule has 0 saturated carbocycles. The molecule has 7 heteroatoms. The summed E-state index contributed by atoms with van der Waals surface area (Å²) in [5.41, 5.74) is 3.25. The summed E-state index contributed by atoms with van der Waals surface area (Å²) >= 11 is 6.17. The van der Waals surface area contributed by atoms with Crippen molar-refractivity contribution < 1.29 is 14.6 Å². The molecule has 1 N–H and O–H groups in total. The van der Waals surface area contributed by atoms with Gasteiger partial charge in [0.2, 0.25) is 0 Å². The average Bonchev–Trinajstić information content (AvgIpc) is 3.16. The highest BCUT2D eigenvalue weighted by Gasteiger charge is 2.32. The van der Waals surface area contributed by atoms with Gasteiger partial charge in [-0.25, -0.2) is 0 Å². The molecule has 0 aliphatic rings. The van der Waals surface area contributed by atoms with Gasteiger partial charge in [-0.3, -0.25) is 4.79 Å². The second-order valence-electron chi connectivity index (χ2n) is 14.9. The topological polar surface area (TPSA) is 77.2 Å². The number of unbranched alkanes of at least 4 members (excludes halogenated alkanes) is 1. The van der Waals surface area contributed by atoms with Gasteiger partial charge >= 0.3 is 5.97 Å². The number of nitrogens with zero attached hydrogens (tertiary/aromatic N) is 3. The standard InChI is InChI=1S/C33H48ClN3O3/c1-30(2,3)20-32(7,8)24-17-22(13-11-12-14-28(38)40-33(9,10)21-31(4,5)6)18-27(29(24)39)37-35-25-16-15-23(34)19-26(25)36-37/h15-19,39H,11-14,20-21H2,1-10H3. The number of benzene rings is 2. The van der Waals surface area contributed by atoms with E-state index in [0.29, 0.717) is 28.2 Å². The second-order valence-corrected chi connectivity index (χ2v) is 15.4. The van der Waals surface area contributed by atoms with Crippen molar-refractivity contribution in [2.45, 2.75) is 119 Å². The normalized spacial score (nSPS) is 13.2. The Balaban J connectivity index is 1.84. The monoisotopic (exact) mass is 569 g/mol. The number of fused-ring (bicyclic) bond motifs is 1. The van der Waals surface area contributed by atoms with Gasteiger partial charge in [0.1, 0.15) is 28.1 Å². The molecule has 6 nitrogen and oxygen atoms in total. The van der Waals surface area contributed by atoms with Crippen molar-refractivity contribution in [3.05, 3.63) is 46.5 Å². The van der Waals surface area contributed by atoms with E-state index in [1.165, 1.54) is 4.80 Å². The summed E-state index contributed by atoms with van der Waals surface area (Å²) in [7, 11) is 0. The van der Waals surface area contributed by atoms with E-state index >= 15 is 0 Å². The Bertz CT molecular complexity index is 1340. The number of aromatic nitrogens is 3. The highest BCUT2D eigenvalue weighted by atomic mass is 35.5. The zero-order valence-electron chi connectivity index (χ0n) is 26.1. The molecule has 0 amide bonds. The molecule has 0 radical (unpaired) electrons. The number of phenolic OH excluding ortho intramolecular Hbond substituents is 1. The third-order valence-electron chi connectivity index (χ3n) is 6.85. The number of carbonyl (C=O) groups excluding carboxylic acids is 1. The minimum absolute atomic E-state index is 0.0720. The van der Waals surface area contributed by atoms with Gasteiger partial charge in [-0.05, 0) is 92.0 Å². The Kier molecular flexibility index (Phi) is 9.35. The van der Waals surface area contributed by atoms with Crippen LogP contribution in [0.15, 0.2) is 30.3 Å². The zero-order chi connectivity index (χ0) is 30.1. The van der Waals surface area contributed by atoms with Crippen LogP contribution in [0.3, 0.4) is 0 Å². The molecular weight excluding hydrogens is 522 g/mol. The fourth-order valence-corrected chi connectivity index (χ4v) is 6.34. The number of halogens is 1. The first-order valence-electron chi connectivity index (χ1n) is 14.4. The van der Waals surface area contributed by atoms with E-state index in [1.54, 1.807) is 12.1 Å². The molecule has 3 rings (SSSR count). The lowest BCUT2D eigenvalue weighted by molar-refractivity contribution is -0.159. The SMILES string of the molecule is CC(C)(C)CC(C)(C)OC(=O)CCCCc1cc(-n2nc3ccc(Cl)cc3n2)c(O)c(C(C)(C)CC(C)(C)C)c1. The molecule has 40 heavy (non-hydrogen) atoms. The molecule has 1 heterocycles. The smallest absolute Gasteiger partial charge is 0.306 e. The van der Waals surface area contributed by atoms with Gasteiger partial charge in [0.15, 0.2) is 0 Å². The lowest BCUT2D eigenvalue weighted by Crippen LogP contribution is -2.32. The van der Waals surface area contributed by atoms with E-state index < -0.39 is 5.60 Å². The summed E-state index contributed by atoms with van der Waals surface area (Å²) in [4.78, 5) is 14.1. The van der Waals surface area contributed by atoms with Gasteiger partial charge in [0.25, 0.3) is 0 Å². The number of hydrogen-bond donors (Lipinski definition) is 1. The Morgan fingerprint density at radius 1 is 0.875 bits per heavy atom. The van der Waals surface area contributed by atoms with E-state index in [4.69, 9.17) is 16.3 Å². The molecule has 0 aliphatic carbocycles. The van der Waals surface area contributed by atoms with Gasteiger partial charge < -0.3 is 9.84 Å². The molecule has 3 aromatic rings. The summed E-state index contributed by atoms with van der Waals surface area (Å²) in [6.07, 6.45) is 4.38. The summed E-state index contributed by atoms with van der Waals surface area (Å²) in [6.45, 7) is 21.4. The number of hydrogen-bond acceptors (Lipinski definition) is 5. The maximum absolute atomic E-state index is 12.6. The van der Waals surface area contributed by atoms with Crippen LogP contribution in [0.25, 0.3) is 16.7 Å². The molecule has 0 spiro atoms. The molecular formula is C33H48ClN3O3. The largest absolute Gasteiger partial charge is 0.505 e. The van der Waals surface area contributed by atoms with E-state index in [0.717, 1.165) is 43.2 Å². The van der Waals surface area contributed by atoms with Crippen LogP contribution in [-0.4, -0.2) is 31.7 Å². The Morgan fingerprint density at radius 2 is 1.50 bits per heavy atom. The van der Waals surface area contributed by atoms with Gasteiger partial charge in [-0.15, -0.1) is 15.0 Å². The predicted molar refractivity (Wildman–Crippen MR) is 164 cm³/mol. The third kappa shape index (κ3) is 8.95. The molecule has 0 unspecified atom stereocenters. The van der Waals surface area contributed by atoms with E-state index in [2.05, 4.69) is 71.7 Å². The van der Waals surface area contributed by atoms with Crippen LogP contribution >= 0.6 is 11.6 Å². The molecule has 0 saturated heterocycles. The fraction of sp³-hybridized carbons (Fsp3) is 0.606. The Hall–Kier alpha value is -2.60. The van der Waals surface area contributed by atoms with Gasteiger partial charge in [-0.2, -0.15) is 0 Å². The van der Waals surface area contributed by atoms with Crippen molar-refractivity contribution in [2.24, 2.45) is 10.8 Å². The fourth-order valence-electron chi connectivity index (χ4n) is 6.18. The van der Waals surface area contributed by atoms with E-state index in [-0.39, 0.29) is 28.0 Å². The van der Waals surface area contributed by atoms with E-state index in [1.807, 2.05) is 26.0 Å². The first-order chi connectivity index (χ1) is 18.2. The highest BCUT2D eigenvalue weighted by Crippen LogP contribution is 2.43. The summed E-state index contributed by atoms with van der Waals surface area (Å²) in [6, 6.07) is 9.45. The van der Waals surface area contributed by atoms with Crippen molar-refractivity contribution in [3.8, 4) is 11.4 Å². The van der Waals surface area contributed by atoms with Gasteiger partial charge in [0.05, 0.1) is 0 Å². The van der Waals surface area contributed by atoms with Crippen LogP contribution in [0.2, 0.25) is 5.02 Å². The van der Waals surface area contributed by atoms with Crippen molar-refractivity contribution >= 4 is 28.6 Å². The Morgan fingerprint density at radius 3 is 2.12 bits per heavy atom. The summed E-state index contributed by atoms with van der Waals surface area (Å²) in [5, 5.41) is 21.4. The van der Waals surface area contributed by atoms with Crippen LogP contribution in [0.4, 0.5) is 0 Å². The highest BCUT2D eigenvalue weighted by molar-refractivity contribution is 6.31. The first kappa shape index (κ1) is 31.9. The minimum Gasteiger partial charge on any atom is -0.505 e. The molecule has 0 atom stereocenters. The minimum atomic E-state index is -0.487. The lowest BCUT2D eigenvalue weighted by atomic mass is 9.71. The Labute approximate surface area is 245 Å². The summed E-state index contributed by atoms with van der Waals surface area (Å²) < 4.78 is 5.80. The summed E-state index contributed by atoms with van der Waals surface area (Å²) in [5.74, 6) is 0.0350. The van der Waals surface area contributed by atoms with Crippen molar-refractivity contribution in [1.82, 2.24) is 15.0 Å². The van der Waals surface area contributed by atoms with Crippen molar-refractivity contribution in [1.29, 1.82) is 0 Å². The molecule has 2 aromatic carbocycles. The zero-order valence-corrected chi connectivity index (χ0v) is 26.9. The number of aryl methyl sites for hydroxylation is 1. The quantitative estimate of drug-likeness (QED) is 0.195. The van der Waals surface area contributed by atoms with Gasteiger partial charge in [0, 0.05) is 17.0 Å². The molecule has 0 bridgehead atoms. The third-order valence-corrected chi connectivity index (χ3v) is 7.09. The van der Waals surface area contributed by atoms with Crippen LogP contribution in [0.1, 0.15) is 112 Å². The van der Waals surface area contributed by atoms with Crippen LogP contribution in [0.5, 0.6) is 5.75 Å². The second kappa shape index (κ2) is 11.7. The maximum atomic E-state index is 12.6. The number of esters is 1. The van der Waals surface area contributed by atoms with Crippen LogP contribution in [-0.2, 0) is 21.4 Å². The predicted octanol–water partition coefficient (Wildman–Crippen LogP) is 8.96. The average molecular weight is 570 g/mol. The maximum Gasteiger partial charge on any atom is 0.306 e. The number of phenols is 1. The van der Waals surface area contributed by atoms with Crippen molar-refractivity contribution in [3.63, 3.8) is 0 Å². The van der Waals surface area contributed by atoms with Crippen LogP contribution in [0, 0.1) is 10.8 Å². The first-order valence-corrected chi connectivity index (χ1v) is 14.7. The van der Waals surface area contributed by atoms with Gasteiger partial charge in [-0.1, -0.05) is 73.1 Å². The lowest BCUT2D eigenvalue weighted by Gasteiger charge is -2.34. The molecule has 220 valence electrons.